The van der Waals surface area contributed by atoms with E-state index in [4.69, 9.17) is 4.52 Å². The van der Waals surface area contributed by atoms with Gasteiger partial charge >= 0.3 is 0 Å². The Balaban J connectivity index is 1.26. The zero-order chi connectivity index (χ0) is 16.4. The minimum Gasteiger partial charge on any atom is -0.360 e. The van der Waals surface area contributed by atoms with Crippen molar-refractivity contribution in [2.45, 2.75) is 25.2 Å². The lowest BCUT2D eigenvalue weighted by Crippen LogP contribution is -2.49. The summed E-state index contributed by atoms with van der Waals surface area (Å²) in [5.41, 5.74) is 1.83. The molecule has 2 fully saturated rings. The van der Waals surface area contributed by atoms with Gasteiger partial charge in [0.25, 0.3) is 5.91 Å². The van der Waals surface area contributed by atoms with Gasteiger partial charge in [0.2, 0.25) is 0 Å². The number of hydrogen-bond acceptors (Lipinski definition) is 4. The number of amides is 1. The molecule has 0 unspecified atom stereocenters. The van der Waals surface area contributed by atoms with E-state index in [2.05, 4.69) is 34.3 Å². The third-order valence-electron chi connectivity index (χ3n) is 4.95. The van der Waals surface area contributed by atoms with Gasteiger partial charge in [-0.15, -0.1) is 0 Å². The van der Waals surface area contributed by atoms with Gasteiger partial charge < -0.3 is 9.42 Å². The molecule has 1 saturated carbocycles. The van der Waals surface area contributed by atoms with Gasteiger partial charge in [0.15, 0.2) is 5.69 Å². The van der Waals surface area contributed by atoms with Crippen LogP contribution in [0.25, 0.3) is 0 Å². The Morgan fingerprint density at radius 2 is 1.88 bits per heavy atom. The highest BCUT2D eigenvalue weighted by molar-refractivity contribution is 5.92. The number of benzene rings is 1. The molecule has 2 aromatic rings. The molecule has 1 aliphatic heterocycles. The Kier molecular flexibility index (Phi) is 4.34. The molecule has 126 valence electrons. The van der Waals surface area contributed by atoms with Crippen LogP contribution in [0.4, 0.5) is 0 Å². The van der Waals surface area contributed by atoms with E-state index in [-0.39, 0.29) is 5.91 Å². The van der Waals surface area contributed by atoms with Crippen LogP contribution in [0.5, 0.6) is 0 Å². The standard InChI is InChI=1S/C19H23N3O2/c23-19(17-14-18(24-20-17)16-6-7-16)22-12-10-21(11-13-22)9-8-15-4-2-1-3-5-15/h1-5,14,16H,6-13H2. The van der Waals surface area contributed by atoms with Crippen molar-refractivity contribution in [3.8, 4) is 0 Å². The van der Waals surface area contributed by atoms with E-state index >= 15 is 0 Å². The van der Waals surface area contributed by atoms with Crippen molar-refractivity contribution in [2.24, 2.45) is 0 Å². The fourth-order valence-corrected chi connectivity index (χ4v) is 3.22. The molecule has 2 aliphatic rings. The summed E-state index contributed by atoms with van der Waals surface area (Å²) in [6.07, 6.45) is 3.37. The molecule has 2 heterocycles. The molecule has 0 radical (unpaired) electrons. The Hall–Kier alpha value is -2.14. The lowest BCUT2D eigenvalue weighted by molar-refractivity contribution is 0.0628. The van der Waals surface area contributed by atoms with Gasteiger partial charge in [-0.3, -0.25) is 9.69 Å². The average molecular weight is 325 g/mol. The molecule has 0 bridgehead atoms. The number of nitrogens with zero attached hydrogens (tertiary/aromatic N) is 3. The van der Waals surface area contributed by atoms with Crippen molar-refractivity contribution < 1.29 is 9.32 Å². The number of aromatic nitrogens is 1. The van der Waals surface area contributed by atoms with Crippen LogP contribution in [-0.2, 0) is 6.42 Å². The number of carbonyl (C=O) groups excluding carboxylic acids is 1. The summed E-state index contributed by atoms with van der Waals surface area (Å²) in [5, 5.41) is 3.97. The first kappa shape index (κ1) is 15.4. The van der Waals surface area contributed by atoms with Crippen molar-refractivity contribution in [1.29, 1.82) is 0 Å². The Morgan fingerprint density at radius 3 is 2.58 bits per heavy atom. The molecule has 5 nitrogen and oxygen atoms in total. The van der Waals surface area contributed by atoms with Gasteiger partial charge in [0.1, 0.15) is 5.76 Å². The zero-order valence-corrected chi connectivity index (χ0v) is 13.9. The van der Waals surface area contributed by atoms with Crippen LogP contribution < -0.4 is 0 Å². The van der Waals surface area contributed by atoms with Crippen molar-refractivity contribution in [3.63, 3.8) is 0 Å². The first-order chi connectivity index (χ1) is 11.8. The lowest BCUT2D eigenvalue weighted by Gasteiger charge is -2.34. The van der Waals surface area contributed by atoms with Crippen molar-refractivity contribution in [1.82, 2.24) is 15.0 Å². The van der Waals surface area contributed by atoms with E-state index in [1.165, 1.54) is 5.56 Å². The van der Waals surface area contributed by atoms with E-state index in [9.17, 15) is 4.79 Å². The topological polar surface area (TPSA) is 49.6 Å². The highest BCUT2D eigenvalue weighted by Gasteiger charge is 2.30. The van der Waals surface area contributed by atoms with Gasteiger partial charge in [-0.05, 0) is 24.8 Å². The van der Waals surface area contributed by atoms with Crippen LogP contribution in [0.3, 0.4) is 0 Å². The van der Waals surface area contributed by atoms with Crippen LogP contribution in [0.2, 0.25) is 0 Å². The highest BCUT2D eigenvalue weighted by Crippen LogP contribution is 2.40. The second kappa shape index (κ2) is 6.77. The third-order valence-corrected chi connectivity index (χ3v) is 4.95. The number of carbonyl (C=O) groups is 1. The van der Waals surface area contributed by atoms with Gasteiger partial charge in [-0.25, -0.2) is 0 Å². The monoisotopic (exact) mass is 325 g/mol. The summed E-state index contributed by atoms with van der Waals surface area (Å²) in [6.45, 7) is 4.41. The largest absolute Gasteiger partial charge is 0.360 e. The molecule has 0 N–H and O–H groups in total. The Labute approximate surface area is 142 Å². The number of piperazine rings is 1. The highest BCUT2D eigenvalue weighted by atomic mass is 16.5. The minimum atomic E-state index is 0.00774. The number of rotatable bonds is 5. The maximum atomic E-state index is 12.5. The predicted molar refractivity (Wildman–Crippen MR) is 91.0 cm³/mol. The first-order valence-corrected chi connectivity index (χ1v) is 8.82. The van der Waals surface area contributed by atoms with Crippen LogP contribution in [-0.4, -0.2) is 53.6 Å². The summed E-state index contributed by atoms with van der Waals surface area (Å²) >= 11 is 0. The van der Waals surface area contributed by atoms with E-state index in [1.807, 2.05) is 17.0 Å². The second-order valence-electron chi connectivity index (χ2n) is 6.76. The van der Waals surface area contributed by atoms with Crippen molar-refractivity contribution >= 4 is 5.91 Å². The van der Waals surface area contributed by atoms with Crippen molar-refractivity contribution in [2.75, 3.05) is 32.7 Å². The lowest BCUT2D eigenvalue weighted by atomic mass is 10.1. The van der Waals surface area contributed by atoms with Crippen LogP contribution in [0, 0.1) is 0 Å². The second-order valence-corrected chi connectivity index (χ2v) is 6.76. The van der Waals surface area contributed by atoms with Gasteiger partial charge in [0, 0.05) is 44.7 Å². The maximum absolute atomic E-state index is 12.5. The van der Waals surface area contributed by atoms with E-state index in [0.29, 0.717) is 11.6 Å². The van der Waals surface area contributed by atoms with E-state index in [0.717, 1.165) is 57.7 Å². The van der Waals surface area contributed by atoms with E-state index in [1.54, 1.807) is 0 Å². The summed E-state index contributed by atoms with van der Waals surface area (Å²) in [5.74, 6) is 1.38. The van der Waals surface area contributed by atoms with Gasteiger partial charge in [-0.1, -0.05) is 35.5 Å². The average Bonchev–Trinajstić information content (AvgIpc) is 3.38. The zero-order valence-electron chi connectivity index (χ0n) is 13.9. The molecule has 1 aromatic carbocycles. The fourth-order valence-electron chi connectivity index (χ4n) is 3.22. The number of hydrogen-bond donors (Lipinski definition) is 0. The maximum Gasteiger partial charge on any atom is 0.276 e. The molecule has 5 heteroatoms. The Bertz CT molecular complexity index is 686. The van der Waals surface area contributed by atoms with Gasteiger partial charge in [0.05, 0.1) is 0 Å². The molecule has 1 saturated heterocycles. The molecular weight excluding hydrogens is 302 g/mol. The summed E-state index contributed by atoms with van der Waals surface area (Å²) < 4.78 is 5.30. The first-order valence-electron chi connectivity index (χ1n) is 8.82. The normalized spacial score (nSPS) is 18.8. The molecule has 1 aliphatic carbocycles. The molecule has 4 rings (SSSR count). The molecule has 1 amide bonds. The van der Waals surface area contributed by atoms with Crippen LogP contribution >= 0.6 is 0 Å². The van der Waals surface area contributed by atoms with Crippen molar-refractivity contribution in [3.05, 3.63) is 53.4 Å². The smallest absolute Gasteiger partial charge is 0.276 e. The van der Waals surface area contributed by atoms with Crippen LogP contribution in [0.15, 0.2) is 40.9 Å². The molecule has 0 atom stereocenters. The molecule has 24 heavy (non-hydrogen) atoms. The van der Waals surface area contributed by atoms with E-state index < -0.39 is 0 Å². The molecular formula is C19H23N3O2. The third kappa shape index (κ3) is 3.51. The SMILES string of the molecule is O=C(c1cc(C2CC2)on1)N1CCN(CCc2ccccc2)CC1. The predicted octanol–water partition coefficient (Wildman–Crippen LogP) is 2.55. The Morgan fingerprint density at radius 1 is 1.12 bits per heavy atom. The molecule has 1 aromatic heterocycles. The summed E-state index contributed by atoms with van der Waals surface area (Å²) in [4.78, 5) is 16.8. The van der Waals surface area contributed by atoms with Gasteiger partial charge in [-0.2, -0.15) is 0 Å². The summed E-state index contributed by atoms with van der Waals surface area (Å²) in [7, 11) is 0. The van der Waals surface area contributed by atoms with Crippen LogP contribution in [0.1, 0.15) is 40.6 Å². The minimum absolute atomic E-state index is 0.00774. The fraction of sp³-hybridized carbons (Fsp3) is 0.474. The summed E-state index contributed by atoms with van der Waals surface area (Å²) in [6, 6.07) is 12.4. The quantitative estimate of drug-likeness (QED) is 0.848. The molecule has 0 spiro atoms.